The Hall–Kier alpha value is -1.93. The third-order valence-electron chi connectivity index (χ3n) is 5.17. The standard InChI is InChI=1S/C21H30ClN3O4S/c1-5-14(4)21(28)25-13-30-12-17(25)20(27)23-15-8-9-18(16(22)10-15)29-11-19(26)24(6-2)7-3/h8-10,14,17H,5-7,11-13H2,1-4H3,(H,23,27)/t14-,17-/m1/s1. The van der Waals surface area contributed by atoms with Crippen molar-refractivity contribution in [3.63, 3.8) is 0 Å². The lowest BCUT2D eigenvalue weighted by Crippen LogP contribution is -2.46. The van der Waals surface area contributed by atoms with Gasteiger partial charge in [-0.3, -0.25) is 14.4 Å². The summed E-state index contributed by atoms with van der Waals surface area (Å²) in [5.74, 6) is 1.01. The second-order valence-corrected chi connectivity index (χ2v) is 8.53. The van der Waals surface area contributed by atoms with E-state index in [9.17, 15) is 14.4 Å². The van der Waals surface area contributed by atoms with Crippen LogP contribution in [0.1, 0.15) is 34.1 Å². The number of thioether (sulfide) groups is 1. The molecule has 30 heavy (non-hydrogen) atoms. The molecule has 3 amide bonds. The van der Waals surface area contributed by atoms with Gasteiger partial charge in [0, 0.05) is 30.4 Å². The van der Waals surface area contributed by atoms with Gasteiger partial charge in [0.15, 0.2) is 6.61 Å². The minimum absolute atomic E-state index is 0.00213. The Kier molecular flexibility index (Phi) is 9.30. The Morgan fingerprint density at radius 3 is 2.60 bits per heavy atom. The third kappa shape index (κ3) is 6.04. The summed E-state index contributed by atoms with van der Waals surface area (Å²) in [7, 11) is 0. The van der Waals surface area contributed by atoms with Crippen LogP contribution in [-0.2, 0) is 14.4 Å². The van der Waals surface area contributed by atoms with Gasteiger partial charge in [-0.2, -0.15) is 0 Å². The number of hydrogen-bond donors (Lipinski definition) is 1. The molecule has 9 heteroatoms. The summed E-state index contributed by atoms with van der Waals surface area (Å²) in [4.78, 5) is 40.7. The van der Waals surface area contributed by atoms with Crippen molar-refractivity contribution in [3.8, 4) is 5.75 Å². The van der Waals surface area contributed by atoms with Gasteiger partial charge < -0.3 is 19.9 Å². The average molecular weight is 456 g/mol. The number of amides is 3. The van der Waals surface area contributed by atoms with Crippen LogP contribution in [0, 0.1) is 5.92 Å². The predicted octanol–water partition coefficient (Wildman–Crippen LogP) is 3.47. The van der Waals surface area contributed by atoms with Crippen LogP contribution in [0.3, 0.4) is 0 Å². The second kappa shape index (κ2) is 11.5. The Morgan fingerprint density at radius 1 is 1.30 bits per heavy atom. The fourth-order valence-corrected chi connectivity index (χ4v) is 4.46. The molecule has 1 saturated heterocycles. The number of carbonyl (C=O) groups is 3. The van der Waals surface area contributed by atoms with Gasteiger partial charge in [-0.25, -0.2) is 0 Å². The van der Waals surface area contributed by atoms with Crippen molar-refractivity contribution in [3.05, 3.63) is 23.2 Å². The number of likely N-dealkylation sites (N-methyl/N-ethyl adjacent to an activating group) is 1. The fourth-order valence-electron chi connectivity index (χ4n) is 3.06. The van der Waals surface area contributed by atoms with E-state index in [1.165, 1.54) is 0 Å². The van der Waals surface area contributed by atoms with Gasteiger partial charge in [-0.05, 0) is 38.5 Å². The highest BCUT2D eigenvalue weighted by Crippen LogP contribution is 2.29. The first-order chi connectivity index (χ1) is 14.3. The first-order valence-corrected chi connectivity index (χ1v) is 11.7. The zero-order valence-electron chi connectivity index (χ0n) is 17.9. The van der Waals surface area contributed by atoms with Crippen LogP contribution in [0.4, 0.5) is 5.69 Å². The third-order valence-corrected chi connectivity index (χ3v) is 6.48. The first kappa shape index (κ1) is 24.3. The van der Waals surface area contributed by atoms with Gasteiger partial charge in [0.2, 0.25) is 11.8 Å². The smallest absolute Gasteiger partial charge is 0.260 e. The van der Waals surface area contributed by atoms with Crippen molar-refractivity contribution >= 4 is 46.8 Å². The minimum Gasteiger partial charge on any atom is -0.482 e. The number of hydrogen-bond acceptors (Lipinski definition) is 5. The van der Waals surface area contributed by atoms with Gasteiger partial charge >= 0.3 is 0 Å². The summed E-state index contributed by atoms with van der Waals surface area (Å²) in [6.07, 6.45) is 0.738. The van der Waals surface area contributed by atoms with Crippen LogP contribution in [0.15, 0.2) is 18.2 Å². The van der Waals surface area contributed by atoms with Crippen LogP contribution >= 0.6 is 23.4 Å². The highest BCUT2D eigenvalue weighted by atomic mass is 35.5. The van der Waals surface area contributed by atoms with Crippen LogP contribution < -0.4 is 10.1 Å². The number of nitrogens with one attached hydrogen (secondary N) is 1. The Morgan fingerprint density at radius 2 is 2.00 bits per heavy atom. The summed E-state index contributed by atoms with van der Waals surface area (Å²) in [6.45, 7) is 8.80. The van der Waals surface area contributed by atoms with Gasteiger partial charge in [0.1, 0.15) is 11.8 Å². The molecule has 0 bridgehead atoms. The molecule has 0 unspecified atom stereocenters. The first-order valence-electron chi connectivity index (χ1n) is 10.2. The maximum Gasteiger partial charge on any atom is 0.260 e. The maximum absolute atomic E-state index is 12.8. The summed E-state index contributed by atoms with van der Waals surface area (Å²) >= 11 is 7.84. The van der Waals surface area contributed by atoms with Crippen molar-refractivity contribution in [2.75, 3.05) is 36.6 Å². The zero-order chi connectivity index (χ0) is 22.3. The summed E-state index contributed by atoms with van der Waals surface area (Å²) in [5.41, 5.74) is 0.514. The molecule has 1 N–H and O–H groups in total. The minimum atomic E-state index is -0.502. The van der Waals surface area contributed by atoms with Crippen LogP contribution in [-0.4, -0.2) is 64.9 Å². The molecule has 0 saturated carbocycles. The van der Waals surface area contributed by atoms with Gasteiger partial charge in [0.25, 0.3) is 5.91 Å². The molecule has 0 aliphatic carbocycles. The molecule has 1 aliphatic rings. The van der Waals surface area contributed by atoms with Gasteiger partial charge in [0.05, 0.1) is 10.9 Å². The van der Waals surface area contributed by atoms with Gasteiger partial charge in [-0.1, -0.05) is 25.4 Å². The van der Waals surface area contributed by atoms with E-state index >= 15 is 0 Å². The largest absolute Gasteiger partial charge is 0.482 e. The molecule has 0 radical (unpaired) electrons. The lowest BCUT2D eigenvalue weighted by Gasteiger charge is -2.25. The van der Waals surface area contributed by atoms with Crippen LogP contribution in [0.2, 0.25) is 5.02 Å². The highest BCUT2D eigenvalue weighted by Gasteiger charge is 2.36. The summed E-state index contributed by atoms with van der Waals surface area (Å²) in [5, 5.41) is 3.13. The van der Waals surface area contributed by atoms with Crippen LogP contribution in [0.5, 0.6) is 5.75 Å². The zero-order valence-corrected chi connectivity index (χ0v) is 19.5. The maximum atomic E-state index is 12.8. The van der Waals surface area contributed by atoms with Crippen molar-refractivity contribution in [2.45, 2.75) is 40.2 Å². The predicted molar refractivity (Wildman–Crippen MR) is 121 cm³/mol. The normalized spacial score (nSPS) is 16.8. The quantitative estimate of drug-likeness (QED) is 0.616. The van der Waals surface area contributed by atoms with Crippen molar-refractivity contribution in [1.82, 2.24) is 9.80 Å². The SMILES string of the molecule is CC[C@@H](C)C(=O)N1CSC[C@@H]1C(=O)Nc1ccc(OCC(=O)N(CC)CC)c(Cl)c1. The molecule has 1 fully saturated rings. The van der Waals surface area contributed by atoms with E-state index in [-0.39, 0.29) is 30.2 Å². The lowest BCUT2D eigenvalue weighted by molar-refractivity contribution is -0.139. The molecular formula is C21H30ClN3O4S. The molecule has 0 spiro atoms. The molecule has 1 aromatic carbocycles. The molecule has 0 aromatic heterocycles. The molecule has 2 rings (SSSR count). The highest BCUT2D eigenvalue weighted by molar-refractivity contribution is 7.99. The molecular weight excluding hydrogens is 426 g/mol. The number of ether oxygens (including phenoxy) is 1. The molecule has 2 atom stereocenters. The second-order valence-electron chi connectivity index (χ2n) is 7.12. The number of carbonyl (C=O) groups excluding carboxylic acids is 3. The molecule has 1 aromatic rings. The average Bonchev–Trinajstić information content (AvgIpc) is 3.23. The number of anilines is 1. The topological polar surface area (TPSA) is 79.0 Å². The number of benzene rings is 1. The monoisotopic (exact) mass is 455 g/mol. The number of rotatable bonds is 9. The number of halogens is 1. The lowest BCUT2D eigenvalue weighted by atomic mass is 10.1. The van der Waals surface area contributed by atoms with Crippen molar-refractivity contribution in [2.24, 2.45) is 5.92 Å². The van der Waals surface area contributed by atoms with Crippen molar-refractivity contribution < 1.29 is 19.1 Å². The molecule has 7 nitrogen and oxygen atoms in total. The molecule has 1 heterocycles. The number of nitrogens with zero attached hydrogens (tertiary/aromatic N) is 2. The fraction of sp³-hybridized carbons (Fsp3) is 0.571. The Labute approximate surface area is 187 Å². The van der Waals surface area contributed by atoms with Crippen molar-refractivity contribution in [1.29, 1.82) is 0 Å². The van der Waals surface area contributed by atoms with E-state index in [2.05, 4.69) is 5.32 Å². The molecule has 166 valence electrons. The van der Waals surface area contributed by atoms with Crippen LogP contribution in [0.25, 0.3) is 0 Å². The van der Waals surface area contributed by atoms with E-state index in [4.69, 9.17) is 16.3 Å². The Bertz CT molecular complexity index is 773. The molecule has 1 aliphatic heterocycles. The van der Waals surface area contributed by atoms with E-state index in [1.54, 1.807) is 39.8 Å². The van der Waals surface area contributed by atoms with E-state index in [0.717, 1.165) is 6.42 Å². The van der Waals surface area contributed by atoms with E-state index in [1.807, 2.05) is 27.7 Å². The van der Waals surface area contributed by atoms with E-state index in [0.29, 0.717) is 41.2 Å². The van der Waals surface area contributed by atoms with E-state index < -0.39 is 6.04 Å². The summed E-state index contributed by atoms with van der Waals surface area (Å²) < 4.78 is 5.54. The Balaban J connectivity index is 1.99. The summed E-state index contributed by atoms with van der Waals surface area (Å²) in [6, 6.07) is 4.38. The van der Waals surface area contributed by atoms with Gasteiger partial charge in [-0.15, -0.1) is 11.8 Å².